The van der Waals surface area contributed by atoms with E-state index in [0.717, 1.165) is 55.3 Å². The van der Waals surface area contributed by atoms with E-state index in [2.05, 4.69) is 29.3 Å². The molecule has 0 radical (unpaired) electrons. The molecule has 1 saturated heterocycles. The summed E-state index contributed by atoms with van der Waals surface area (Å²) in [7, 11) is 0. The largest absolute Gasteiger partial charge is 0.454 e. The van der Waals surface area contributed by atoms with Gasteiger partial charge in [0.2, 0.25) is 6.79 Å². The summed E-state index contributed by atoms with van der Waals surface area (Å²) in [5, 5.41) is 4.61. The van der Waals surface area contributed by atoms with Crippen LogP contribution in [-0.4, -0.2) is 49.0 Å². The quantitative estimate of drug-likeness (QED) is 0.784. The van der Waals surface area contributed by atoms with Crippen molar-refractivity contribution in [3.63, 3.8) is 0 Å². The van der Waals surface area contributed by atoms with Crippen LogP contribution >= 0.6 is 12.2 Å². The van der Waals surface area contributed by atoms with Crippen molar-refractivity contribution in [2.24, 2.45) is 5.92 Å². The van der Waals surface area contributed by atoms with Gasteiger partial charge in [-0.2, -0.15) is 0 Å². The van der Waals surface area contributed by atoms with E-state index in [-0.39, 0.29) is 0 Å². The van der Waals surface area contributed by atoms with Crippen molar-refractivity contribution in [2.45, 2.75) is 45.2 Å². The topological polar surface area (TPSA) is 38.2 Å². The van der Waals surface area contributed by atoms with Gasteiger partial charge in [0, 0.05) is 11.6 Å². The van der Waals surface area contributed by atoms with E-state index in [1.165, 1.54) is 31.2 Å². The molecule has 142 valence electrons. The molecule has 0 spiro atoms. The van der Waals surface area contributed by atoms with Gasteiger partial charge in [-0.1, -0.05) is 19.8 Å². The summed E-state index contributed by atoms with van der Waals surface area (Å²) in [5.74, 6) is 2.48. The third-order valence-electron chi connectivity index (χ3n) is 6.07. The highest BCUT2D eigenvalue weighted by Gasteiger charge is 2.26. The van der Waals surface area contributed by atoms with Crippen molar-refractivity contribution in [2.75, 3.05) is 33.0 Å². The van der Waals surface area contributed by atoms with E-state index in [1.807, 2.05) is 6.07 Å². The first-order valence-corrected chi connectivity index (χ1v) is 10.4. The number of hydrogen-bond donors (Lipinski definition) is 2. The average Bonchev–Trinajstić information content (AvgIpc) is 3.12. The highest BCUT2D eigenvalue weighted by atomic mass is 32.1. The van der Waals surface area contributed by atoms with Gasteiger partial charge in [-0.15, -0.1) is 0 Å². The number of piperazine rings is 1. The van der Waals surface area contributed by atoms with Crippen LogP contribution in [0.2, 0.25) is 0 Å². The van der Waals surface area contributed by atoms with Gasteiger partial charge >= 0.3 is 0 Å². The summed E-state index contributed by atoms with van der Waals surface area (Å²) in [6, 6.07) is 6.87. The number of hydrogen-bond acceptors (Lipinski definition) is 3. The van der Waals surface area contributed by atoms with Crippen molar-refractivity contribution in [1.82, 2.24) is 10.2 Å². The second-order valence-electron chi connectivity index (χ2n) is 7.92. The van der Waals surface area contributed by atoms with Crippen molar-refractivity contribution in [3.8, 4) is 11.5 Å². The van der Waals surface area contributed by atoms with Crippen molar-refractivity contribution in [1.29, 1.82) is 0 Å². The van der Waals surface area contributed by atoms with Crippen LogP contribution in [0.15, 0.2) is 18.2 Å². The molecule has 2 atom stereocenters. The van der Waals surface area contributed by atoms with E-state index in [4.69, 9.17) is 21.7 Å². The lowest BCUT2D eigenvalue weighted by molar-refractivity contribution is -0.917. The Morgan fingerprint density at radius 3 is 2.77 bits per heavy atom. The summed E-state index contributed by atoms with van der Waals surface area (Å²) in [6.45, 7) is 8.04. The smallest absolute Gasteiger partial charge is 0.231 e. The first kappa shape index (κ1) is 17.9. The van der Waals surface area contributed by atoms with Gasteiger partial charge in [0.25, 0.3) is 0 Å². The molecule has 2 fully saturated rings. The Morgan fingerprint density at radius 1 is 1.19 bits per heavy atom. The van der Waals surface area contributed by atoms with E-state index < -0.39 is 0 Å². The Hall–Kier alpha value is -1.53. The monoisotopic (exact) mass is 376 g/mol. The fourth-order valence-electron chi connectivity index (χ4n) is 4.32. The van der Waals surface area contributed by atoms with Gasteiger partial charge in [-0.25, -0.2) is 0 Å². The third kappa shape index (κ3) is 4.07. The van der Waals surface area contributed by atoms with Crippen LogP contribution in [0.3, 0.4) is 0 Å². The van der Waals surface area contributed by atoms with Crippen LogP contribution < -0.4 is 19.7 Å². The molecule has 26 heavy (non-hydrogen) atoms. The minimum atomic E-state index is 0.342. The van der Waals surface area contributed by atoms with Gasteiger partial charge in [-0.3, -0.25) is 0 Å². The number of quaternary nitrogens is 1. The fourth-order valence-corrected chi connectivity index (χ4v) is 4.66. The Balaban J connectivity index is 1.25. The molecule has 0 bridgehead atoms. The number of rotatable bonds is 3. The van der Waals surface area contributed by atoms with Gasteiger partial charge in [0.05, 0.1) is 26.2 Å². The van der Waals surface area contributed by atoms with Gasteiger partial charge in [0.1, 0.15) is 6.54 Å². The second kappa shape index (κ2) is 8.01. The highest BCUT2D eigenvalue weighted by Crippen LogP contribution is 2.32. The molecule has 1 aromatic carbocycles. The molecule has 2 aliphatic heterocycles. The maximum Gasteiger partial charge on any atom is 0.231 e. The number of benzene rings is 1. The molecular weight excluding hydrogens is 346 g/mol. The standard InChI is InChI=1S/C20H29N3O2S/c1-15-4-2-3-5-17(15)21-20(26)23-10-8-22(9-11-23)13-16-6-7-18-19(12-16)25-14-24-18/h6-7,12,15,17H,2-5,8-11,13-14H2,1H3,(H,21,26)/p+1/t15-,17-/m0/s1. The molecular formula is C20H30N3O2S+. The second-order valence-corrected chi connectivity index (χ2v) is 8.31. The van der Waals surface area contributed by atoms with Gasteiger partial charge < -0.3 is 24.6 Å². The number of fused-ring (bicyclic) bond motifs is 1. The maximum atomic E-state index is 5.71. The molecule has 0 amide bonds. The van der Waals surface area contributed by atoms with Crippen molar-refractivity contribution < 1.29 is 14.4 Å². The number of nitrogens with zero attached hydrogens (tertiary/aromatic N) is 1. The summed E-state index contributed by atoms with van der Waals surface area (Å²) < 4.78 is 10.9. The predicted octanol–water partition coefficient (Wildman–Crippen LogP) is 1.57. The summed E-state index contributed by atoms with van der Waals surface area (Å²) in [5.41, 5.74) is 1.31. The summed E-state index contributed by atoms with van der Waals surface area (Å²) in [6.07, 6.45) is 5.29. The predicted molar refractivity (Wildman–Crippen MR) is 106 cm³/mol. The maximum absolute atomic E-state index is 5.71. The molecule has 3 aliphatic rings. The normalized spacial score (nSPS) is 26.0. The fraction of sp³-hybridized carbons (Fsp3) is 0.650. The molecule has 4 rings (SSSR count). The molecule has 0 unspecified atom stereocenters. The molecule has 1 saturated carbocycles. The lowest BCUT2D eigenvalue weighted by atomic mass is 9.86. The third-order valence-corrected chi connectivity index (χ3v) is 6.45. The van der Waals surface area contributed by atoms with E-state index >= 15 is 0 Å². The molecule has 0 aromatic heterocycles. The van der Waals surface area contributed by atoms with Crippen LogP contribution in [0.25, 0.3) is 0 Å². The SMILES string of the molecule is C[C@H]1CCCC[C@@H]1NC(=S)N1CC[NH+](Cc2ccc3c(c2)OCO3)CC1. The van der Waals surface area contributed by atoms with Gasteiger partial charge in [-0.05, 0) is 49.2 Å². The number of ether oxygens (including phenoxy) is 2. The first-order chi connectivity index (χ1) is 12.7. The minimum Gasteiger partial charge on any atom is -0.454 e. The zero-order valence-corrected chi connectivity index (χ0v) is 16.4. The molecule has 2 heterocycles. The lowest BCUT2D eigenvalue weighted by Crippen LogP contribution is -3.13. The van der Waals surface area contributed by atoms with Crippen molar-refractivity contribution >= 4 is 17.3 Å². The molecule has 1 aliphatic carbocycles. The minimum absolute atomic E-state index is 0.342. The summed E-state index contributed by atoms with van der Waals surface area (Å²) in [4.78, 5) is 3.97. The highest BCUT2D eigenvalue weighted by molar-refractivity contribution is 7.80. The molecule has 2 N–H and O–H groups in total. The van der Waals surface area contributed by atoms with Crippen molar-refractivity contribution in [3.05, 3.63) is 23.8 Å². The Labute approximate surface area is 161 Å². The number of thiocarbonyl (C=S) groups is 1. The van der Waals surface area contributed by atoms with Crippen LogP contribution in [0.1, 0.15) is 38.2 Å². The number of nitrogens with one attached hydrogen (secondary N) is 2. The Kier molecular flexibility index (Phi) is 5.50. The Morgan fingerprint density at radius 2 is 1.96 bits per heavy atom. The zero-order chi connectivity index (χ0) is 17.9. The first-order valence-electron chi connectivity index (χ1n) is 9.96. The Bertz CT molecular complexity index is 646. The molecule has 6 heteroatoms. The zero-order valence-electron chi connectivity index (χ0n) is 15.6. The summed E-state index contributed by atoms with van der Waals surface area (Å²) >= 11 is 5.71. The van der Waals surface area contributed by atoms with Crippen LogP contribution in [0.4, 0.5) is 0 Å². The van der Waals surface area contributed by atoms with E-state index in [1.54, 1.807) is 4.90 Å². The molecule has 1 aromatic rings. The lowest BCUT2D eigenvalue weighted by Gasteiger charge is -2.37. The molecule has 5 nitrogen and oxygen atoms in total. The van der Waals surface area contributed by atoms with Crippen LogP contribution in [0, 0.1) is 5.92 Å². The van der Waals surface area contributed by atoms with Gasteiger partial charge in [0.15, 0.2) is 16.6 Å². The van der Waals surface area contributed by atoms with Crippen LogP contribution in [0.5, 0.6) is 11.5 Å². The van der Waals surface area contributed by atoms with E-state index in [0.29, 0.717) is 12.8 Å². The van der Waals surface area contributed by atoms with E-state index in [9.17, 15) is 0 Å². The average molecular weight is 377 g/mol. The van der Waals surface area contributed by atoms with Crippen LogP contribution in [-0.2, 0) is 6.54 Å².